The van der Waals surface area contributed by atoms with Gasteiger partial charge in [-0.15, -0.1) is 0 Å². The van der Waals surface area contributed by atoms with E-state index in [-0.39, 0.29) is 5.97 Å². The van der Waals surface area contributed by atoms with Gasteiger partial charge in [0.05, 0.1) is 12.2 Å². The molecule has 0 unspecified atom stereocenters. The molecular weight excluding hydrogens is 350 g/mol. The monoisotopic (exact) mass is 373 g/mol. The third-order valence-electron chi connectivity index (χ3n) is 4.07. The summed E-state index contributed by atoms with van der Waals surface area (Å²) in [5, 5.41) is 3.15. The molecule has 0 aromatic heterocycles. The van der Waals surface area contributed by atoms with Crippen LogP contribution in [0.4, 0.5) is 5.69 Å². The highest BCUT2D eigenvalue weighted by Gasteiger charge is 2.13. The lowest BCUT2D eigenvalue weighted by Gasteiger charge is -2.10. The second kappa shape index (κ2) is 9.97. The van der Waals surface area contributed by atoms with Crippen molar-refractivity contribution in [2.45, 2.75) is 13.5 Å². The Balaban J connectivity index is 1.73. The number of carbonyl (C=O) groups is 1. The highest BCUT2D eigenvalue weighted by Crippen LogP contribution is 2.21. The number of ether oxygens (including phenoxy) is 2. The van der Waals surface area contributed by atoms with E-state index in [9.17, 15) is 4.79 Å². The summed E-state index contributed by atoms with van der Waals surface area (Å²) in [6.45, 7) is 2.61. The third kappa shape index (κ3) is 5.48. The minimum Gasteiger partial charge on any atom is -0.489 e. The van der Waals surface area contributed by atoms with E-state index < -0.39 is 0 Å². The smallest absolute Gasteiger partial charge is 0.340 e. The molecule has 28 heavy (non-hydrogen) atoms. The molecule has 0 saturated heterocycles. The van der Waals surface area contributed by atoms with Crippen molar-refractivity contribution < 1.29 is 14.3 Å². The van der Waals surface area contributed by atoms with Crippen LogP contribution in [0, 0.1) is 0 Å². The van der Waals surface area contributed by atoms with Gasteiger partial charge in [0.25, 0.3) is 0 Å². The molecule has 0 heterocycles. The van der Waals surface area contributed by atoms with E-state index in [0.717, 1.165) is 22.6 Å². The molecule has 0 fully saturated rings. The van der Waals surface area contributed by atoms with Crippen LogP contribution in [0.1, 0.15) is 18.1 Å². The number of hydrogen-bond donors (Lipinski definition) is 1. The van der Waals surface area contributed by atoms with E-state index in [1.54, 1.807) is 13.1 Å². The summed E-state index contributed by atoms with van der Waals surface area (Å²) in [5.41, 5.74) is 3.21. The number of nitrogens with one attached hydrogen (secondary N) is 1. The van der Waals surface area contributed by atoms with Crippen LogP contribution < -0.4 is 10.1 Å². The molecule has 0 bridgehead atoms. The lowest BCUT2D eigenvalue weighted by atomic mass is 10.1. The van der Waals surface area contributed by atoms with E-state index in [1.807, 2.05) is 84.9 Å². The molecule has 3 aromatic rings. The zero-order valence-electron chi connectivity index (χ0n) is 15.8. The van der Waals surface area contributed by atoms with Crippen LogP contribution in [0.3, 0.4) is 0 Å². The standard InChI is InChI=1S/C24H23NO3/c1-2-27-24(26)23(17-25-21-11-7-4-8-12-21)20-13-15-22(16-14-20)28-18-19-9-5-3-6-10-19/h3-17,25H,2,18H2,1H3/b23-17+. The van der Waals surface area contributed by atoms with Crippen molar-refractivity contribution in [1.29, 1.82) is 0 Å². The first-order valence-corrected chi connectivity index (χ1v) is 9.22. The summed E-state index contributed by atoms with van der Waals surface area (Å²) in [4.78, 5) is 12.4. The zero-order valence-corrected chi connectivity index (χ0v) is 15.8. The molecule has 0 spiro atoms. The predicted molar refractivity (Wildman–Crippen MR) is 112 cm³/mol. The minimum atomic E-state index is -0.371. The van der Waals surface area contributed by atoms with Crippen LogP contribution in [0.5, 0.6) is 5.75 Å². The van der Waals surface area contributed by atoms with Crippen LogP contribution in [-0.4, -0.2) is 12.6 Å². The number of carbonyl (C=O) groups excluding carboxylic acids is 1. The lowest BCUT2D eigenvalue weighted by Crippen LogP contribution is -2.08. The summed E-state index contributed by atoms with van der Waals surface area (Å²) in [5.74, 6) is 0.371. The SMILES string of the molecule is CCOC(=O)/C(=C/Nc1ccccc1)c1ccc(OCc2ccccc2)cc1. The Kier molecular flexibility index (Phi) is 6.85. The van der Waals surface area contributed by atoms with Gasteiger partial charge in [-0.2, -0.15) is 0 Å². The van der Waals surface area contributed by atoms with Crippen LogP contribution in [-0.2, 0) is 16.1 Å². The van der Waals surface area contributed by atoms with Crippen LogP contribution in [0.25, 0.3) is 5.57 Å². The maximum absolute atomic E-state index is 12.4. The maximum Gasteiger partial charge on any atom is 0.340 e. The Morgan fingerprint density at radius 3 is 2.18 bits per heavy atom. The van der Waals surface area contributed by atoms with Gasteiger partial charge in [-0.3, -0.25) is 0 Å². The number of hydrogen-bond acceptors (Lipinski definition) is 4. The Morgan fingerprint density at radius 1 is 0.893 bits per heavy atom. The van der Waals surface area contributed by atoms with Crippen molar-refractivity contribution in [1.82, 2.24) is 0 Å². The van der Waals surface area contributed by atoms with Crippen LogP contribution in [0.2, 0.25) is 0 Å². The van der Waals surface area contributed by atoms with E-state index in [1.165, 1.54) is 0 Å². The average molecular weight is 373 g/mol. The summed E-state index contributed by atoms with van der Waals surface area (Å²) < 4.78 is 11.0. The molecule has 0 saturated carbocycles. The quantitative estimate of drug-likeness (QED) is 0.431. The summed E-state index contributed by atoms with van der Waals surface area (Å²) in [6, 6.07) is 27.1. The van der Waals surface area contributed by atoms with Crippen LogP contribution >= 0.6 is 0 Å². The van der Waals surface area contributed by atoms with Gasteiger partial charge in [0.2, 0.25) is 0 Å². The molecule has 1 N–H and O–H groups in total. The molecule has 0 amide bonds. The fraction of sp³-hybridized carbons (Fsp3) is 0.125. The predicted octanol–water partition coefficient (Wildman–Crippen LogP) is 5.28. The van der Waals surface area contributed by atoms with Crippen molar-refractivity contribution in [3.8, 4) is 5.75 Å². The molecule has 0 aliphatic carbocycles. The Bertz CT molecular complexity index is 904. The van der Waals surface area contributed by atoms with Gasteiger partial charge >= 0.3 is 5.97 Å². The summed E-state index contributed by atoms with van der Waals surface area (Å²) >= 11 is 0. The second-order valence-corrected chi connectivity index (χ2v) is 6.09. The van der Waals surface area contributed by atoms with E-state index in [0.29, 0.717) is 18.8 Å². The second-order valence-electron chi connectivity index (χ2n) is 6.09. The van der Waals surface area contributed by atoms with Crippen molar-refractivity contribution in [3.63, 3.8) is 0 Å². The van der Waals surface area contributed by atoms with E-state index in [4.69, 9.17) is 9.47 Å². The molecule has 0 radical (unpaired) electrons. The van der Waals surface area contributed by atoms with Crippen LogP contribution in [0.15, 0.2) is 91.1 Å². The summed E-state index contributed by atoms with van der Waals surface area (Å²) in [7, 11) is 0. The van der Waals surface area contributed by atoms with Gasteiger partial charge in [-0.1, -0.05) is 60.7 Å². The number of esters is 1. The molecule has 0 aliphatic rings. The van der Waals surface area contributed by atoms with Crippen molar-refractivity contribution in [2.24, 2.45) is 0 Å². The Labute approximate surface area is 165 Å². The minimum absolute atomic E-state index is 0.319. The fourth-order valence-corrected chi connectivity index (χ4v) is 2.63. The summed E-state index contributed by atoms with van der Waals surface area (Å²) in [6.07, 6.45) is 1.67. The normalized spacial score (nSPS) is 11.0. The highest BCUT2D eigenvalue weighted by molar-refractivity contribution is 6.16. The van der Waals surface area contributed by atoms with E-state index in [2.05, 4.69) is 5.32 Å². The first-order chi connectivity index (χ1) is 13.8. The highest BCUT2D eigenvalue weighted by atomic mass is 16.5. The molecule has 4 heteroatoms. The largest absolute Gasteiger partial charge is 0.489 e. The Morgan fingerprint density at radius 2 is 1.54 bits per heavy atom. The topological polar surface area (TPSA) is 47.6 Å². The third-order valence-corrected chi connectivity index (χ3v) is 4.07. The van der Waals surface area contributed by atoms with Gasteiger partial charge in [-0.05, 0) is 42.3 Å². The van der Waals surface area contributed by atoms with Crippen molar-refractivity contribution in [3.05, 3.63) is 102 Å². The van der Waals surface area contributed by atoms with Crippen molar-refractivity contribution in [2.75, 3.05) is 11.9 Å². The molecule has 142 valence electrons. The van der Waals surface area contributed by atoms with Gasteiger partial charge in [0, 0.05) is 11.9 Å². The molecular formula is C24H23NO3. The fourth-order valence-electron chi connectivity index (χ4n) is 2.63. The van der Waals surface area contributed by atoms with Gasteiger partial charge in [0.15, 0.2) is 0 Å². The van der Waals surface area contributed by atoms with Gasteiger partial charge < -0.3 is 14.8 Å². The Hall–Kier alpha value is -3.53. The zero-order chi connectivity index (χ0) is 19.6. The first kappa shape index (κ1) is 19.2. The van der Waals surface area contributed by atoms with Gasteiger partial charge in [-0.25, -0.2) is 4.79 Å². The molecule has 3 rings (SSSR count). The molecule has 3 aromatic carbocycles. The molecule has 0 atom stereocenters. The first-order valence-electron chi connectivity index (χ1n) is 9.22. The average Bonchev–Trinajstić information content (AvgIpc) is 2.75. The number of benzene rings is 3. The van der Waals surface area contributed by atoms with Gasteiger partial charge in [0.1, 0.15) is 12.4 Å². The number of para-hydroxylation sites is 1. The maximum atomic E-state index is 12.4. The number of anilines is 1. The van der Waals surface area contributed by atoms with E-state index >= 15 is 0 Å². The lowest BCUT2D eigenvalue weighted by molar-refractivity contribution is -0.136. The number of rotatable bonds is 8. The molecule has 0 aliphatic heterocycles. The molecule has 4 nitrogen and oxygen atoms in total. The van der Waals surface area contributed by atoms with Crippen molar-refractivity contribution >= 4 is 17.2 Å².